The van der Waals surface area contributed by atoms with E-state index in [2.05, 4.69) is 127 Å². The predicted octanol–water partition coefficient (Wildman–Crippen LogP) is 8.80. The summed E-state index contributed by atoms with van der Waals surface area (Å²) in [6.45, 7) is 7.80. The number of carbonyl (C=O) groups excluding carboxylic acids is 2. The molecule has 5 aromatic carbocycles. The number of carbonyl (C=O) groups is 2. The Kier molecular flexibility index (Phi) is 13.9. The molecule has 3 N–H and O–H groups in total. The molecule has 2 amide bonds. The van der Waals surface area contributed by atoms with E-state index in [0.717, 1.165) is 59.2 Å². The van der Waals surface area contributed by atoms with E-state index in [-0.39, 0.29) is 42.6 Å². The van der Waals surface area contributed by atoms with Crippen LogP contribution in [0.4, 0.5) is 0 Å². The zero-order valence-electron chi connectivity index (χ0n) is 32.5. The van der Waals surface area contributed by atoms with Gasteiger partial charge in [0.15, 0.2) is 6.29 Å². The van der Waals surface area contributed by atoms with E-state index < -0.39 is 6.29 Å². The molecule has 0 bridgehead atoms. The first kappa shape index (κ1) is 39.8. The van der Waals surface area contributed by atoms with Crippen LogP contribution in [-0.2, 0) is 32.2 Å². The summed E-state index contributed by atoms with van der Waals surface area (Å²) in [7, 11) is 2.16. The molecule has 0 radical (unpaired) electrons. The van der Waals surface area contributed by atoms with Crippen molar-refractivity contribution in [2.75, 3.05) is 20.1 Å². The van der Waals surface area contributed by atoms with Crippen LogP contribution < -0.4 is 10.6 Å². The average molecular weight is 742 g/mol. The number of amides is 2. The van der Waals surface area contributed by atoms with Crippen LogP contribution >= 0.6 is 0 Å². The third kappa shape index (κ3) is 10.7. The summed E-state index contributed by atoms with van der Waals surface area (Å²) in [5, 5.41) is 18.0. The number of hydrogen-bond acceptors (Lipinski definition) is 6. The predicted molar refractivity (Wildman–Crippen MR) is 219 cm³/mol. The molecule has 1 saturated heterocycles. The van der Waals surface area contributed by atoms with Crippen LogP contribution in [0.5, 0.6) is 0 Å². The average Bonchev–Trinajstić information content (AvgIpc) is 3.21. The van der Waals surface area contributed by atoms with Crippen molar-refractivity contribution in [3.8, 4) is 11.1 Å². The fraction of sp³-hybridized carbons (Fsp3) is 0.362. The summed E-state index contributed by atoms with van der Waals surface area (Å²) in [5.74, 6) is 0.0798. The molecule has 55 heavy (non-hydrogen) atoms. The van der Waals surface area contributed by atoms with Gasteiger partial charge in [0, 0.05) is 50.5 Å². The van der Waals surface area contributed by atoms with Crippen LogP contribution in [0.25, 0.3) is 21.9 Å². The van der Waals surface area contributed by atoms with Gasteiger partial charge in [0.25, 0.3) is 0 Å². The second kappa shape index (κ2) is 19.1. The zero-order valence-corrected chi connectivity index (χ0v) is 32.5. The van der Waals surface area contributed by atoms with Crippen molar-refractivity contribution in [3.05, 3.63) is 143 Å². The Bertz CT molecular complexity index is 2010. The highest BCUT2D eigenvalue weighted by molar-refractivity contribution is 5.83. The summed E-state index contributed by atoms with van der Waals surface area (Å²) in [5.41, 5.74) is 7.32. The maximum absolute atomic E-state index is 12.5. The third-order valence-electron chi connectivity index (χ3n) is 10.9. The van der Waals surface area contributed by atoms with E-state index in [4.69, 9.17) is 9.47 Å². The molecule has 1 fully saturated rings. The van der Waals surface area contributed by atoms with E-state index in [1.807, 2.05) is 24.3 Å². The lowest BCUT2D eigenvalue weighted by molar-refractivity contribution is -0.276. The van der Waals surface area contributed by atoms with Crippen molar-refractivity contribution >= 4 is 22.6 Å². The topological polar surface area (TPSA) is 100 Å². The van der Waals surface area contributed by atoms with Crippen molar-refractivity contribution in [2.24, 2.45) is 5.92 Å². The molecule has 288 valence electrons. The lowest BCUT2D eigenvalue weighted by Crippen LogP contribution is -2.44. The van der Waals surface area contributed by atoms with Crippen LogP contribution in [0.2, 0.25) is 0 Å². The number of unbranched alkanes of at least 4 members (excludes halogenated alkanes) is 2. The molecule has 0 unspecified atom stereocenters. The fourth-order valence-electron chi connectivity index (χ4n) is 7.33. The molecule has 8 nitrogen and oxygen atoms in total. The van der Waals surface area contributed by atoms with E-state index >= 15 is 0 Å². The van der Waals surface area contributed by atoms with E-state index in [0.29, 0.717) is 19.5 Å². The standard InChI is InChI=1S/C47H55N3O5/c1-32-44(30-50(4)33(2)41-25-22-37-12-7-8-13-43(37)28-41)54-47(55-46(32)39-18-16-35(31-51)17-19-39)40-23-20-38(21-24-40)42-14-10-11-36(27-42)29-49-45(53)15-6-5-9-26-48-34(3)52/h7-8,10-14,16-25,27-28,32-33,44,46-47,51H,5-6,9,15,26,29-31H2,1-4H3,(H,48,52)(H,49,53)/t32-,33-,44+,46+,47+/m1/s1. The molecule has 1 aliphatic rings. The molecular formula is C47H55N3O5. The lowest BCUT2D eigenvalue weighted by Gasteiger charge is -2.43. The Morgan fingerprint density at radius 1 is 0.764 bits per heavy atom. The smallest absolute Gasteiger partial charge is 0.220 e. The van der Waals surface area contributed by atoms with Crippen molar-refractivity contribution < 1.29 is 24.2 Å². The van der Waals surface area contributed by atoms with Crippen molar-refractivity contribution in [1.29, 1.82) is 0 Å². The Morgan fingerprint density at radius 3 is 2.25 bits per heavy atom. The van der Waals surface area contributed by atoms with Gasteiger partial charge < -0.3 is 25.2 Å². The maximum atomic E-state index is 12.5. The van der Waals surface area contributed by atoms with Crippen LogP contribution in [-0.4, -0.2) is 48.1 Å². The Hall–Kier alpha value is -4.86. The second-order valence-corrected chi connectivity index (χ2v) is 14.9. The fourth-order valence-corrected chi connectivity index (χ4v) is 7.33. The van der Waals surface area contributed by atoms with Gasteiger partial charge in [-0.3, -0.25) is 14.5 Å². The minimum atomic E-state index is -0.561. The van der Waals surface area contributed by atoms with Gasteiger partial charge in [-0.25, -0.2) is 0 Å². The molecule has 0 spiro atoms. The molecule has 0 aromatic heterocycles. The molecule has 5 atom stereocenters. The van der Waals surface area contributed by atoms with Crippen molar-refractivity contribution in [2.45, 2.75) is 84.1 Å². The summed E-state index contributed by atoms with van der Waals surface area (Å²) >= 11 is 0. The Balaban J connectivity index is 1.12. The molecular weight excluding hydrogens is 687 g/mol. The van der Waals surface area contributed by atoms with Gasteiger partial charge in [-0.2, -0.15) is 0 Å². The number of rotatable bonds is 16. The highest BCUT2D eigenvalue weighted by atomic mass is 16.7. The monoisotopic (exact) mass is 741 g/mol. The van der Waals surface area contributed by atoms with Crippen LogP contribution in [0.1, 0.15) is 92.7 Å². The molecule has 0 saturated carbocycles. The lowest BCUT2D eigenvalue weighted by atomic mass is 9.89. The number of aliphatic hydroxyl groups excluding tert-OH is 1. The largest absolute Gasteiger partial charge is 0.392 e. The molecule has 1 heterocycles. The van der Waals surface area contributed by atoms with Gasteiger partial charge in [0.05, 0.1) is 18.8 Å². The van der Waals surface area contributed by atoms with E-state index in [1.54, 1.807) is 0 Å². The second-order valence-electron chi connectivity index (χ2n) is 14.9. The van der Waals surface area contributed by atoms with Crippen LogP contribution in [0.3, 0.4) is 0 Å². The van der Waals surface area contributed by atoms with Crippen LogP contribution in [0.15, 0.2) is 115 Å². The molecule has 8 heteroatoms. The highest BCUT2D eigenvalue weighted by Crippen LogP contribution is 2.42. The highest BCUT2D eigenvalue weighted by Gasteiger charge is 2.39. The minimum Gasteiger partial charge on any atom is -0.392 e. The van der Waals surface area contributed by atoms with E-state index in [1.165, 1.54) is 23.3 Å². The third-order valence-corrected chi connectivity index (χ3v) is 10.9. The number of likely N-dealkylation sites (N-methyl/N-ethyl adjacent to an activating group) is 1. The molecule has 1 aliphatic heterocycles. The van der Waals surface area contributed by atoms with Gasteiger partial charge in [0.1, 0.15) is 0 Å². The number of ether oxygens (including phenoxy) is 2. The van der Waals surface area contributed by atoms with Gasteiger partial charge >= 0.3 is 0 Å². The first-order valence-corrected chi connectivity index (χ1v) is 19.6. The van der Waals surface area contributed by atoms with E-state index in [9.17, 15) is 14.7 Å². The molecule has 0 aliphatic carbocycles. The summed E-state index contributed by atoms with van der Waals surface area (Å²) in [6, 6.07) is 40.0. The Morgan fingerprint density at radius 2 is 1.51 bits per heavy atom. The number of nitrogens with one attached hydrogen (secondary N) is 2. The zero-order chi connectivity index (χ0) is 38.7. The summed E-state index contributed by atoms with van der Waals surface area (Å²) in [4.78, 5) is 25.8. The summed E-state index contributed by atoms with van der Waals surface area (Å²) < 4.78 is 13.6. The maximum Gasteiger partial charge on any atom is 0.220 e. The molecule has 6 rings (SSSR count). The van der Waals surface area contributed by atoms with Gasteiger partial charge in [-0.05, 0) is 83.1 Å². The van der Waals surface area contributed by atoms with Gasteiger partial charge in [-0.1, -0.05) is 116 Å². The number of nitrogens with zero attached hydrogens (tertiary/aromatic N) is 1. The van der Waals surface area contributed by atoms with Crippen molar-refractivity contribution in [3.63, 3.8) is 0 Å². The normalized spacial score (nSPS) is 18.9. The SMILES string of the molecule is CC(=O)NCCCCCC(=O)NCc1cccc(-c2ccc([C@H]3O[C@@H](CN(C)[C@H](C)c4ccc5ccccc5c4)[C@@H](C)[C@@H](c4ccc(CO)cc4)O3)cc2)c1. The van der Waals surface area contributed by atoms with Gasteiger partial charge in [0.2, 0.25) is 11.8 Å². The number of fused-ring (bicyclic) bond motifs is 1. The minimum absolute atomic E-state index is 0.000100. The number of hydrogen-bond donors (Lipinski definition) is 3. The Labute approximate surface area is 325 Å². The molecule has 5 aromatic rings. The van der Waals surface area contributed by atoms with Gasteiger partial charge in [-0.15, -0.1) is 0 Å². The first-order valence-electron chi connectivity index (χ1n) is 19.6. The van der Waals surface area contributed by atoms with Crippen molar-refractivity contribution in [1.82, 2.24) is 15.5 Å². The summed E-state index contributed by atoms with van der Waals surface area (Å²) in [6.07, 6.45) is 2.17. The van der Waals surface area contributed by atoms with Crippen LogP contribution in [0, 0.1) is 5.92 Å². The first-order chi connectivity index (χ1) is 26.7. The quantitative estimate of drug-likeness (QED) is 0.0875. The number of aliphatic hydroxyl groups is 1. The number of benzene rings is 5.